The summed E-state index contributed by atoms with van der Waals surface area (Å²) < 4.78 is 5.42. The van der Waals surface area contributed by atoms with Crippen LogP contribution in [0.5, 0.6) is 5.75 Å². The van der Waals surface area contributed by atoms with Gasteiger partial charge in [0.1, 0.15) is 5.75 Å². The highest BCUT2D eigenvalue weighted by molar-refractivity contribution is 6.30. The Morgan fingerprint density at radius 2 is 1.88 bits per heavy atom. The quantitative estimate of drug-likeness (QED) is 0.894. The minimum atomic E-state index is -0.251. The smallest absolute Gasteiger partial charge is 0.258 e. The van der Waals surface area contributed by atoms with E-state index in [0.717, 1.165) is 11.3 Å². The second-order valence-electron chi connectivity index (χ2n) is 6.05. The van der Waals surface area contributed by atoms with Crippen molar-refractivity contribution in [3.63, 3.8) is 0 Å². The summed E-state index contributed by atoms with van der Waals surface area (Å²) in [5.74, 6) is 0.328. The molecule has 1 aliphatic rings. The molecule has 0 spiro atoms. The molecular formula is C19H19ClN2O3. The molecule has 0 saturated carbocycles. The number of hydrogen-bond donors (Lipinski definition) is 1. The molecule has 6 heteroatoms. The van der Waals surface area contributed by atoms with E-state index in [2.05, 4.69) is 5.32 Å². The van der Waals surface area contributed by atoms with Gasteiger partial charge in [-0.25, -0.2) is 0 Å². The van der Waals surface area contributed by atoms with E-state index in [4.69, 9.17) is 16.3 Å². The Hall–Kier alpha value is -2.53. The van der Waals surface area contributed by atoms with Crippen molar-refractivity contribution in [1.29, 1.82) is 0 Å². The predicted octanol–water partition coefficient (Wildman–Crippen LogP) is 2.95. The van der Waals surface area contributed by atoms with Crippen molar-refractivity contribution >= 4 is 29.1 Å². The average molecular weight is 359 g/mol. The summed E-state index contributed by atoms with van der Waals surface area (Å²) >= 11 is 5.80. The standard InChI is InChI=1S/C19H19ClN2O3/c1-13-2-6-16(7-3-13)22-11-15(10-19(22)24)21-18(23)12-25-17-8-4-14(20)5-9-17/h2-9,15H,10-12H2,1H3,(H,21,23)/t15-/m1/s1. The Bertz CT molecular complexity index is 759. The number of nitrogens with one attached hydrogen (secondary N) is 1. The van der Waals surface area contributed by atoms with Crippen LogP contribution in [0.15, 0.2) is 48.5 Å². The molecule has 130 valence electrons. The maximum absolute atomic E-state index is 12.2. The van der Waals surface area contributed by atoms with Crippen molar-refractivity contribution in [3.8, 4) is 5.75 Å². The number of ether oxygens (including phenoxy) is 1. The number of benzene rings is 2. The van der Waals surface area contributed by atoms with Crippen LogP contribution in [-0.2, 0) is 9.59 Å². The SMILES string of the molecule is Cc1ccc(N2C[C@H](NC(=O)COc3ccc(Cl)cc3)CC2=O)cc1. The van der Waals surface area contributed by atoms with Gasteiger partial charge in [0.15, 0.2) is 6.61 Å². The molecule has 0 radical (unpaired) electrons. The Kier molecular flexibility index (Phi) is 5.24. The molecule has 1 heterocycles. The fourth-order valence-electron chi connectivity index (χ4n) is 2.73. The minimum absolute atomic E-state index is 0.00720. The van der Waals surface area contributed by atoms with Gasteiger partial charge in [0.2, 0.25) is 5.91 Å². The lowest BCUT2D eigenvalue weighted by atomic mass is 10.2. The van der Waals surface area contributed by atoms with E-state index < -0.39 is 0 Å². The van der Waals surface area contributed by atoms with Gasteiger partial charge in [-0.15, -0.1) is 0 Å². The highest BCUT2D eigenvalue weighted by atomic mass is 35.5. The lowest BCUT2D eigenvalue weighted by molar-refractivity contribution is -0.123. The van der Waals surface area contributed by atoms with Crippen LogP contribution in [-0.4, -0.2) is 31.0 Å². The Morgan fingerprint density at radius 1 is 1.20 bits per heavy atom. The van der Waals surface area contributed by atoms with Gasteiger partial charge in [0.25, 0.3) is 5.91 Å². The lowest BCUT2D eigenvalue weighted by Gasteiger charge is -2.17. The zero-order valence-corrected chi connectivity index (χ0v) is 14.6. The maximum atomic E-state index is 12.2. The summed E-state index contributed by atoms with van der Waals surface area (Å²) in [7, 11) is 0. The van der Waals surface area contributed by atoms with Crippen molar-refractivity contribution < 1.29 is 14.3 Å². The van der Waals surface area contributed by atoms with Gasteiger partial charge in [-0.2, -0.15) is 0 Å². The second-order valence-corrected chi connectivity index (χ2v) is 6.49. The van der Waals surface area contributed by atoms with Crippen molar-refractivity contribution in [1.82, 2.24) is 5.32 Å². The number of carbonyl (C=O) groups is 2. The summed E-state index contributed by atoms with van der Waals surface area (Å²) in [6.45, 7) is 2.37. The molecule has 1 N–H and O–H groups in total. The third-order valence-electron chi connectivity index (χ3n) is 4.02. The van der Waals surface area contributed by atoms with E-state index in [9.17, 15) is 9.59 Å². The van der Waals surface area contributed by atoms with E-state index in [1.54, 1.807) is 29.2 Å². The normalized spacial score (nSPS) is 16.8. The molecule has 1 fully saturated rings. The zero-order chi connectivity index (χ0) is 17.8. The Labute approximate surface area is 151 Å². The molecule has 1 saturated heterocycles. The summed E-state index contributed by atoms with van der Waals surface area (Å²) in [6, 6.07) is 14.4. The van der Waals surface area contributed by atoms with Crippen LogP contribution < -0.4 is 15.0 Å². The summed E-state index contributed by atoms with van der Waals surface area (Å²) in [4.78, 5) is 25.9. The first-order valence-electron chi connectivity index (χ1n) is 8.06. The third-order valence-corrected chi connectivity index (χ3v) is 4.27. The number of hydrogen-bond acceptors (Lipinski definition) is 3. The fourth-order valence-corrected chi connectivity index (χ4v) is 2.85. The molecular weight excluding hydrogens is 340 g/mol. The predicted molar refractivity (Wildman–Crippen MR) is 97.0 cm³/mol. The largest absolute Gasteiger partial charge is 0.484 e. The monoisotopic (exact) mass is 358 g/mol. The highest BCUT2D eigenvalue weighted by Gasteiger charge is 2.31. The first-order valence-corrected chi connectivity index (χ1v) is 8.44. The van der Waals surface area contributed by atoms with Crippen molar-refractivity contribution in [2.24, 2.45) is 0 Å². The van der Waals surface area contributed by atoms with Gasteiger partial charge in [-0.3, -0.25) is 9.59 Å². The van der Waals surface area contributed by atoms with Crippen molar-refractivity contribution in [2.45, 2.75) is 19.4 Å². The van der Waals surface area contributed by atoms with Gasteiger partial charge in [-0.05, 0) is 43.3 Å². The number of aryl methyl sites for hydroxylation is 1. The molecule has 1 atom stereocenters. The van der Waals surface area contributed by atoms with Crippen LogP contribution in [0.2, 0.25) is 5.02 Å². The van der Waals surface area contributed by atoms with Crippen molar-refractivity contribution in [3.05, 3.63) is 59.1 Å². The van der Waals surface area contributed by atoms with E-state index in [0.29, 0.717) is 23.7 Å². The molecule has 2 aromatic carbocycles. The molecule has 2 amide bonds. The van der Waals surface area contributed by atoms with E-state index >= 15 is 0 Å². The number of carbonyl (C=O) groups excluding carboxylic acids is 2. The van der Waals surface area contributed by atoms with Gasteiger partial charge in [0.05, 0.1) is 6.04 Å². The number of rotatable bonds is 5. The van der Waals surface area contributed by atoms with Crippen molar-refractivity contribution in [2.75, 3.05) is 18.1 Å². The molecule has 2 aromatic rings. The van der Waals surface area contributed by atoms with Crippen LogP contribution in [0, 0.1) is 6.92 Å². The van der Waals surface area contributed by atoms with Crippen LogP contribution in [0.1, 0.15) is 12.0 Å². The van der Waals surface area contributed by atoms with Crippen LogP contribution in [0.4, 0.5) is 5.69 Å². The Balaban J connectivity index is 1.51. The summed E-state index contributed by atoms with van der Waals surface area (Å²) in [5, 5.41) is 3.46. The lowest BCUT2D eigenvalue weighted by Crippen LogP contribution is -2.39. The van der Waals surface area contributed by atoms with Crippen LogP contribution in [0.25, 0.3) is 0 Å². The molecule has 0 unspecified atom stereocenters. The molecule has 25 heavy (non-hydrogen) atoms. The zero-order valence-electron chi connectivity index (χ0n) is 13.9. The molecule has 1 aliphatic heterocycles. The summed E-state index contributed by atoms with van der Waals surface area (Å²) in [6.07, 6.45) is 0.292. The number of amides is 2. The molecule has 5 nitrogen and oxygen atoms in total. The van der Waals surface area contributed by atoms with E-state index in [-0.39, 0.29) is 24.5 Å². The van der Waals surface area contributed by atoms with Crippen LogP contribution in [0.3, 0.4) is 0 Å². The van der Waals surface area contributed by atoms with Gasteiger partial charge >= 0.3 is 0 Å². The molecule has 0 aromatic heterocycles. The molecule has 0 bridgehead atoms. The molecule has 3 rings (SSSR count). The average Bonchev–Trinajstić information content (AvgIpc) is 2.95. The third kappa shape index (κ3) is 4.51. The Morgan fingerprint density at radius 3 is 2.56 bits per heavy atom. The fraction of sp³-hybridized carbons (Fsp3) is 0.263. The first-order chi connectivity index (χ1) is 12.0. The van der Waals surface area contributed by atoms with E-state index in [1.165, 1.54) is 0 Å². The highest BCUT2D eigenvalue weighted by Crippen LogP contribution is 2.22. The number of nitrogens with zero attached hydrogens (tertiary/aromatic N) is 1. The topological polar surface area (TPSA) is 58.6 Å². The number of anilines is 1. The molecule has 0 aliphatic carbocycles. The van der Waals surface area contributed by atoms with Gasteiger partial charge in [0, 0.05) is 23.7 Å². The number of halogens is 1. The summed E-state index contributed by atoms with van der Waals surface area (Å²) in [5.41, 5.74) is 1.99. The minimum Gasteiger partial charge on any atom is -0.484 e. The maximum Gasteiger partial charge on any atom is 0.258 e. The van der Waals surface area contributed by atoms with Gasteiger partial charge < -0.3 is 15.0 Å². The second kappa shape index (κ2) is 7.57. The van der Waals surface area contributed by atoms with E-state index in [1.807, 2.05) is 31.2 Å². The van der Waals surface area contributed by atoms with Gasteiger partial charge in [-0.1, -0.05) is 29.3 Å². The van der Waals surface area contributed by atoms with Crippen LogP contribution >= 0.6 is 11.6 Å². The first kappa shape index (κ1) is 17.3.